The van der Waals surface area contributed by atoms with Gasteiger partial charge in [-0.25, -0.2) is 0 Å². The zero-order valence-electron chi connectivity index (χ0n) is 6.75. The van der Waals surface area contributed by atoms with Crippen molar-refractivity contribution >= 4 is 24.8 Å². The fraction of sp³-hybridized carbons (Fsp3) is 0.714. The predicted octanol–water partition coefficient (Wildman–Crippen LogP) is 0.920. The Labute approximate surface area is 80.8 Å². The number of halogens is 2. The summed E-state index contributed by atoms with van der Waals surface area (Å²) in [6.07, 6.45) is 1.94. The third-order valence-corrected chi connectivity index (χ3v) is 1.80. The summed E-state index contributed by atoms with van der Waals surface area (Å²) >= 11 is 0. The summed E-state index contributed by atoms with van der Waals surface area (Å²) in [5.74, 6) is 0. The minimum Gasteiger partial charge on any atom is -0.314 e. The van der Waals surface area contributed by atoms with Crippen LogP contribution >= 0.6 is 24.8 Å². The second-order valence-electron chi connectivity index (χ2n) is 2.54. The minimum atomic E-state index is 0. The average molecular weight is 199 g/mol. The van der Waals surface area contributed by atoms with Crippen molar-refractivity contribution in [1.82, 2.24) is 10.2 Å². The summed E-state index contributed by atoms with van der Waals surface area (Å²) in [6.45, 7) is 6.97. The number of nitrogens with one attached hydrogen (secondary N) is 1. The first-order valence-corrected chi connectivity index (χ1v) is 3.36. The Morgan fingerprint density at radius 1 is 1.55 bits per heavy atom. The average Bonchev–Trinajstić information content (AvgIpc) is 1.60. The van der Waals surface area contributed by atoms with Gasteiger partial charge in [0.1, 0.15) is 0 Å². The molecule has 1 saturated heterocycles. The molecule has 0 saturated carbocycles. The fourth-order valence-corrected chi connectivity index (χ4v) is 0.938. The zero-order valence-corrected chi connectivity index (χ0v) is 8.38. The number of hydrogen-bond donors (Lipinski definition) is 1. The summed E-state index contributed by atoms with van der Waals surface area (Å²) in [5, 5.41) is 3.22. The fourth-order valence-electron chi connectivity index (χ4n) is 0.938. The molecule has 0 aromatic rings. The van der Waals surface area contributed by atoms with Gasteiger partial charge in [0.05, 0.1) is 0 Å². The van der Waals surface area contributed by atoms with E-state index in [1.165, 1.54) is 0 Å². The van der Waals surface area contributed by atoms with Gasteiger partial charge in [-0.3, -0.25) is 4.90 Å². The number of nitrogens with zero attached hydrogens (tertiary/aromatic N) is 1. The van der Waals surface area contributed by atoms with Crippen LogP contribution in [0.25, 0.3) is 0 Å². The van der Waals surface area contributed by atoms with E-state index >= 15 is 0 Å². The first-order chi connectivity index (χ1) is 4.34. The maximum atomic E-state index is 3.68. The van der Waals surface area contributed by atoms with E-state index in [0.29, 0.717) is 0 Å². The van der Waals surface area contributed by atoms with Crippen LogP contribution in [0.4, 0.5) is 0 Å². The SMILES string of the molecule is C=CCN(C)C1CNC1.Cl.Cl. The maximum Gasteiger partial charge on any atom is 0.0345 e. The van der Waals surface area contributed by atoms with Crippen LogP contribution in [0, 0.1) is 0 Å². The van der Waals surface area contributed by atoms with Gasteiger partial charge in [0.25, 0.3) is 0 Å². The molecule has 1 fully saturated rings. The van der Waals surface area contributed by atoms with Crippen LogP contribution in [0.3, 0.4) is 0 Å². The van der Waals surface area contributed by atoms with Gasteiger partial charge in [0, 0.05) is 25.7 Å². The maximum absolute atomic E-state index is 3.68. The van der Waals surface area contributed by atoms with E-state index in [1.54, 1.807) is 0 Å². The molecule has 1 rings (SSSR count). The lowest BCUT2D eigenvalue weighted by atomic mass is 10.1. The topological polar surface area (TPSA) is 15.3 Å². The quantitative estimate of drug-likeness (QED) is 0.680. The molecule has 1 heterocycles. The monoisotopic (exact) mass is 198 g/mol. The van der Waals surface area contributed by atoms with Crippen molar-refractivity contribution in [2.75, 3.05) is 26.7 Å². The lowest BCUT2D eigenvalue weighted by Gasteiger charge is -2.34. The van der Waals surface area contributed by atoms with Crippen molar-refractivity contribution < 1.29 is 0 Å². The summed E-state index contributed by atoms with van der Waals surface area (Å²) in [4.78, 5) is 2.31. The van der Waals surface area contributed by atoms with Gasteiger partial charge in [-0.15, -0.1) is 31.4 Å². The van der Waals surface area contributed by atoms with Crippen molar-refractivity contribution in [1.29, 1.82) is 0 Å². The van der Waals surface area contributed by atoms with Crippen molar-refractivity contribution in [2.24, 2.45) is 0 Å². The standard InChI is InChI=1S/C7H14N2.2ClH/c1-3-4-9(2)7-5-8-6-7;;/h3,7-8H,1,4-6H2,2H3;2*1H. The molecule has 0 unspecified atom stereocenters. The highest BCUT2D eigenvalue weighted by Gasteiger charge is 2.19. The third-order valence-electron chi connectivity index (χ3n) is 1.80. The van der Waals surface area contributed by atoms with Gasteiger partial charge < -0.3 is 5.32 Å². The van der Waals surface area contributed by atoms with Crippen LogP contribution in [-0.2, 0) is 0 Å². The van der Waals surface area contributed by atoms with Crippen molar-refractivity contribution in [3.05, 3.63) is 12.7 Å². The zero-order chi connectivity index (χ0) is 6.69. The molecule has 0 aliphatic carbocycles. The minimum absolute atomic E-state index is 0. The van der Waals surface area contributed by atoms with Crippen LogP contribution in [0.15, 0.2) is 12.7 Å². The molecule has 68 valence electrons. The second-order valence-corrected chi connectivity index (χ2v) is 2.54. The molecule has 1 N–H and O–H groups in total. The largest absolute Gasteiger partial charge is 0.314 e. The molecule has 11 heavy (non-hydrogen) atoms. The van der Waals surface area contributed by atoms with E-state index in [-0.39, 0.29) is 24.8 Å². The normalized spacial score (nSPS) is 16.2. The molecule has 1 aliphatic heterocycles. The molecule has 0 aromatic heterocycles. The molecule has 4 heteroatoms. The first-order valence-electron chi connectivity index (χ1n) is 3.36. The Kier molecular flexibility index (Phi) is 8.68. The lowest BCUT2D eigenvalue weighted by Crippen LogP contribution is -2.55. The van der Waals surface area contributed by atoms with E-state index in [2.05, 4.69) is 23.8 Å². The Morgan fingerprint density at radius 3 is 2.36 bits per heavy atom. The van der Waals surface area contributed by atoms with Crippen molar-refractivity contribution in [3.8, 4) is 0 Å². The molecule has 0 radical (unpaired) electrons. The van der Waals surface area contributed by atoms with Gasteiger partial charge in [0.15, 0.2) is 0 Å². The third kappa shape index (κ3) is 3.97. The van der Waals surface area contributed by atoms with E-state index in [4.69, 9.17) is 0 Å². The summed E-state index contributed by atoms with van der Waals surface area (Å²) in [7, 11) is 2.13. The smallest absolute Gasteiger partial charge is 0.0345 e. The highest BCUT2D eigenvalue weighted by Crippen LogP contribution is 2.00. The number of hydrogen-bond acceptors (Lipinski definition) is 2. The van der Waals surface area contributed by atoms with Gasteiger partial charge in [-0.2, -0.15) is 0 Å². The van der Waals surface area contributed by atoms with Crippen molar-refractivity contribution in [2.45, 2.75) is 6.04 Å². The molecule has 0 aromatic carbocycles. The molecule has 0 amide bonds. The van der Waals surface area contributed by atoms with E-state index < -0.39 is 0 Å². The van der Waals surface area contributed by atoms with Crippen LogP contribution in [0.2, 0.25) is 0 Å². The molecule has 2 nitrogen and oxygen atoms in total. The van der Waals surface area contributed by atoms with Gasteiger partial charge in [0.2, 0.25) is 0 Å². The Balaban J connectivity index is 0. The highest BCUT2D eigenvalue weighted by molar-refractivity contribution is 5.85. The van der Waals surface area contributed by atoms with Crippen LogP contribution < -0.4 is 5.32 Å². The second kappa shape index (κ2) is 6.92. The Hall–Kier alpha value is 0.240. The lowest BCUT2D eigenvalue weighted by molar-refractivity contribution is 0.197. The molecular formula is C7H16Cl2N2. The van der Waals surface area contributed by atoms with E-state index in [1.807, 2.05) is 6.08 Å². The van der Waals surface area contributed by atoms with Crippen molar-refractivity contribution in [3.63, 3.8) is 0 Å². The van der Waals surface area contributed by atoms with Gasteiger partial charge in [-0.1, -0.05) is 6.08 Å². The molecule has 1 aliphatic rings. The van der Waals surface area contributed by atoms with Gasteiger partial charge >= 0.3 is 0 Å². The number of likely N-dealkylation sites (N-methyl/N-ethyl adjacent to an activating group) is 1. The highest BCUT2D eigenvalue weighted by atomic mass is 35.5. The summed E-state index contributed by atoms with van der Waals surface area (Å²) in [5.41, 5.74) is 0. The molecule has 0 spiro atoms. The molecule has 0 bridgehead atoms. The Morgan fingerprint density at radius 2 is 2.09 bits per heavy atom. The van der Waals surface area contributed by atoms with Gasteiger partial charge in [-0.05, 0) is 7.05 Å². The summed E-state index contributed by atoms with van der Waals surface area (Å²) < 4.78 is 0. The van der Waals surface area contributed by atoms with E-state index in [9.17, 15) is 0 Å². The summed E-state index contributed by atoms with van der Waals surface area (Å²) in [6, 6.07) is 0.753. The molecular weight excluding hydrogens is 183 g/mol. The first kappa shape index (κ1) is 13.8. The molecule has 0 atom stereocenters. The number of rotatable bonds is 3. The van der Waals surface area contributed by atoms with E-state index in [0.717, 1.165) is 25.7 Å². The van der Waals surface area contributed by atoms with Crippen LogP contribution in [0.1, 0.15) is 0 Å². The Bertz CT molecular complexity index is 105. The predicted molar refractivity (Wildman–Crippen MR) is 54.0 cm³/mol. The van der Waals surface area contributed by atoms with Crippen LogP contribution in [0.5, 0.6) is 0 Å². The van der Waals surface area contributed by atoms with Crippen LogP contribution in [-0.4, -0.2) is 37.6 Å².